The van der Waals surface area contributed by atoms with Gasteiger partial charge in [-0.05, 0) is 44.4 Å². The first-order valence-corrected chi connectivity index (χ1v) is 6.83. The summed E-state index contributed by atoms with van der Waals surface area (Å²) < 4.78 is 13.1. The molecule has 19 heavy (non-hydrogen) atoms. The number of nitrogens with one attached hydrogen (secondary N) is 1. The van der Waals surface area contributed by atoms with Crippen molar-refractivity contribution in [1.82, 2.24) is 5.32 Å². The highest BCUT2D eigenvalue weighted by Gasteiger charge is 2.45. The van der Waals surface area contributed by atoms with Gasteiger partial charge in [-0.25, -0.2) is 4.39 Å². The molecule has 0 aliphatic heterocycles. The fourth-order valence-corrected chi connectivity index (χ4v) is 2.53. The molecule has 3 N–H and O–H groups in total. The summed E-state index contributed by atoms with van der Waals surface area (Å²) in [7, 11) is 0. The molecular formula is C14H19ClFN3. The summed E-state index contributed by atoms with van der Waals surface area (Å²) in [6.45, 7) is 4.60. The first-order valence-electron chi connectivity index (χ1n) is 6.45. The number of halogens is 2. The fraction of sp³-hybridized carbons (Fsp3) is 0.500. The van der Waals surface area contributed by atoms with E-state index in [1.807, 2.05) is 13.8 Å². The van der Waals surface area contributed by atoms with Gasteiger partial charge in [0, 0.05) is 16.5 Å². The molecule has 0 spiro atoms. The number of nitrogens with two attached hydrogens (primary N) is 1. The molecule has 1 aromatic carbocycles. The lowest BCUT2D eigenvalue weighted by Crippen LogP contribution is -2.37. The van der Waals surface area contributed by atoms with Crippen molar-refractivity contribution in [3.8, 4) is 0 Å². The zero-order valence-electron chi connectivity index (χ0n) is 11.2. The molecule has 0 saturated heterocycles. The first-order chi connectivity index (χ1) is 8.93. The third-order valence-electron chi connectivity index (χ3n) is 3.34. The topological polar surface area (TPSA) is 50.4 Å². The predicted octanol–water partition coefficient (Wildman–Crippen LogP) is 2.82. The molecular weight excluding hydrogens is 265 g/mol. The van der Waals surface area contributed by atoms with Gasteiger partial charge < -0.3 is 11.1 Å². The van der Waals surface area contributed by atoms with Crippen LogP contribution in [0.2, 0.25) is 5.02 Å². The van der Waals surface area contributed by atoms with Crippen LogP contribution in [-0.4, -0.2) is 18.5 Å². The number of hydrogen-bond acceptors (Lipinski definition) is 1. The molecule has 0 amide bonds. The van der Waals surface area contributed by atoms with E-state index in [1.54, 1.807) is 6.07 Å². The highest BCUT2D eigenvalue weighted by molar-refractivity contribution is 6.31. The molecule has 3 nitrogen and oxygen atoms in total. The van der Waals surface area contributed by atoms with Crippen molar-refractivity contribution in [2.24, 2.45) is 10.7 Å². The lowest BCUT2D eigenvalue weighted by molar-refractivity contribution is 0.623. The van der Waals surface area contributed by atoms with Crippen LogP contribution in [0.3, 0.4) is 0 Å². The Morgan fingerprint density at radius 1 is 1.53 bits per heavy atom. The molecule has 1 aliphatic rings. The second-order valence-corrected chi connectivity index (χ2v) is 5.81. The van der Waals surface area contributed by atoms with Gasteiger partial charge in [0.25, 0.3) is 0 Å². The lowest BCUT2D eigenvalue weighted by Gasteiger charge is -2.16. The standard InChI is InChI=1S/C14H19ClFN3/c1-9(2)19-13(17)18-8-14(5-6-14)11-4-3-10(16)7-12(11)15/h3-4,7,9H,5-6,8H2,1-2H3,(H3,17,18,19). The Hall–Kier alpha value is -1.29. The zero-order valence-corrected chi connectivity index (χ0v) is 12.0. The monoisotopic (exact) mass is 283 g/mol. The summed E-state index contributed by atoms with van der Waals surface area (Å²) >= 11 is 6.12. The summed E-state index contributed by atoms with van der Waals surface area (Å²) in [6, 6.07) is 4.82. The Labute approximate surface area is 118 Å². The van der Waals surface area contributed by atoms with Crippen molar-refractivity contribution in [3.63, 3.8) is 0 Å². The van der Waals surface area contributed by atoms with Crippen LogP contribution >= 0.6 is 11.6 Å². The third-order valence-corrected chi connectivity index (χ3v) is 3.66. The summed E-state index contributed by atoms with van der Waals surface area (Å²) in [4.78, 5) is 4.37. The van der Waals surface area contributed by atoms with Crippen LogP contribution in [0, 0.1) is 5.82 Å². The van der Waals surface area contributed by atoms with Crippen molar-refractivity contribution in [2.75, 3.05) is 6.54 Å². The predicted molar refractivity (Wildman–Crippen MR) is 77.1 cm³/mol. The Morgan fingerprint density at radius 3 is 2.74 bits per heavy atom. The van der Waals surface area contributed by atoms with Crippen LogP contribution in [0.4, 0.5) is 4.39 Å². The second-order valence-electron chi connectivity index (χ2n) is 5.41. The van der Waals surface area contributed by atoms with E-state index in [0.717, 1.165) is 18.4 Å². The van der Waals surface area contributed by atoms with Gasteiger partial charge in [-0.15, -0.1) is 0 Å². The van der Waals surface area contributed by atoms with E-state index in [2.05, 4.69) is 10.3 Å². The third kappa shape index (κ3) is 3.38. The van der Waals surface area contributed by atoms with Crippen molar-refractivity contribution in [2.45, 2.75) is 38.1 Å². The molecule has 0 heterocycles. The van der Waals surface area contributed by atoms with Crippen LogP contribution in [0.1, 0.15) is 32.3 Å². The van der Waals surface area contributed by atoms with Gasteiger partial charge >= 0.3 is 0 Å². The first kappa shape index (κ1) is 14.1. The van der Waals surface area contributed by atoms with E-state index in [0.29, 0.717) is 17.5 Å². The molecule has 0 radical (unpaired) electrons. The van der Waals surface area contributed by atoms with Crippen LogP contribution in [-0.2, 0) is 5.41 Å². The number of guanidine groups is 1. The highest BCUT2D eigenvalue weighted by Crippen LogP contribution is 2.50. The molecule has 1 fully saturated rings. The molecule has 0 aromatic heterocycles. The van der Waals surface area contributed by atoms with E-state index in [9.17, 15) is 4.39 Å². The maximum atomic E-state index is 13.1. The summed E-state index contributed by atoms with van der Waals surface area (Å²) in [6.07, 6.45) is 2.02. The zero-order chi connectivity index (χ0) is 14.0. The van der Waals surface area contributed by atoms with E-state index >= 15 is 0 Å². The van der Waals surface area contributed by atoms with Crippen LogP contribution < -0.4 is 11.1 Å². The largest absolute Gasteiger partial charge is 0.370 e. The molecule has 1 aromatic rings. The van der Waals surface area contributed by atoms with Crippen molar-refractivity contribution < 1.29 is 4.39 Å². The second kappa shape index (κ2) is 5.37. The minimum absolute atomic E-state index is 0.0614. The normalized spacial score (nSPS) is 17.6. The Morgan fingerprint density at radius 2 is 2.21 bits per heavy atom. The molecule has 0 unspecified atom stereocenters. The molecule has 104 valence electrons. The summed E-state index contributed by atoms with van der Waals surface area (Å²) in [5.74, 6) is 0.133. The van der Waals surface area contributed by atoms with E-state index in [4.69, 9.17) is 17.3 Å². The molecule has 2 rings (SSSR count). The summed E-state index contributed by atoms with van der Waals surface area (Å²) in [5, 5.41) is 3.53. The van der Waals surface area contributed by atoms with Crippen molar-refractivity contribution in [1.29, 1.82) is 0 Å². The SMILES string of the molecule is CC(C)NC(N)=NCC1(c2ccc(F)cc2Cl)CC1. The van der Waals surface area contributed by atoms with Gasteiger partial charge in [-0.3, -0.25) is 4.99 Å². The Kier molecular flexibility index (Phi) is 3.99. The quantitative estimate of drug-likeness (QED) is 0.659. The fourth-order valence-electron chi connectivity index (χ4n) is 2.16. The minimum Gasteiger partial charge on any atom is -0.370 e. The van der Waals surface area contributed by atoms with E-state index in [-0.39, 0.29) is 17.3 Å². The number of benzene rings is 1. The van der Waals surface area contributed by atoms with Gasteiger partial charge in [-0.2, -0.15) is 0 Å². The maximum Gasteiger partial charge on any atom is 0.188 e. The number of hydrogen-bond donors (Lipinski definition) is 2. The van der Waals surface area contributed by atoms with Gasteiger partial charge in [0.05, 0.1) is 6.54 Å². The number of nitrogens with zero attached hydrogens (tertiary/aromatic N) is 1. The van der Waals surface area contributed by atoms with E-state index in [1.165, 1.54) is 12.1 Å². The smallest absolute Gasteiger partial charge is 0.188 e. The van der Waals surface area contributed by atoms with Gasteiger partial charge in [-0.1, -0.05) is 17.7 Å². The van der Waals surface area contributed by atoms with Gasteiger partial charge in [0.2, 0.25) is 0 Å². The molecule has 5 heteroatoms. The Balaban J connectivity index is 2.11. The van der Waals surface area contributed by atoms with Crippen molar-refractivity contribution in [3.05, 3.63) is 34.6 Å². The van der Waals surface area contributed by atoms with E-state index < -0.39 is 0 Å². The Bertz CT molecular complexity index is 495. The average molecular weight is 284 g/mol. The lowest BCUT2D eigenvalue weighted by atomic mass is 9.96. The maximum absolute atomic E-state index is 13.1. The number of rotatable bonds is 4. The molecule has 1 aliphatic carbocycles. The molecule has 1 saturated carbocycles. The number of aliphatic imine (C=N–C) groups is 1. The molecule has 0 atom stereocenters. The van der Waals surface area contributed by atoms with Gasteiger partial charge in [0.15, 0.2) is 5.96 Å². The van der Waals surface area contributed by atoms with Crippen LogP contribution in [0.15, 0.2) is 23.2 Å². The average Bonchev–Trinajstić information content (AvgIpc) is 3.06. The summed E-state index contributed by atoms with van der Waals surface area (Å²) in [5.41, 5.74) is 6.70. The van der Waals surface area contributed by atoms with Gasteiger partial charge in [0.1, 0.15) is 5.82 Å². The molecule has 0 bridgehead atoms. The van der Waals surface area contributed by atoms with Crippen LogP contribution in [0.5, 0.6) is 0 Å². The van der Waals surface area contributed by atoms with Crippen LogP contribution in [0.25, 0.3) is 0 Å². The minimum atomic E-state index is -0.311. The highest BCUT2D eigenvalue weighted by atomic mass is 35.5. The van der Waals surface area contributed by atoms with Crippen molar-refractivity contribution >= 4 is 17.6 Å².